The van der Waals surface area contributed by atoms with Gasteiger partial charge in [0.2, 0.25) is 11.2 Å². The Balaban J connectivity index is 1.71. The second-order valence-corrected chi connectivity index (χ2v) is 10.1. The van der Waals surface area contributed by atoms with Crippen LogP contribution < -0.4 is 25.0 Å². The number of methoxy groups -OCH3 is 2. The molecule has 10 nitrogen and oxygen atoms in total. The van der Waals surface area contributed by atoms with Crippen molar-refractivity contribution in [1.82, 2.24) is 9.88 Å². The zero-order chi connectivity index (χ0) is 28.4. The predicted molar refractivity (Wildman–Crippen MR) is 149 cm³/mol. The molecule has 0 aliphatic rings. The molecule has 4 rings (SSSR count). The third-order valence-electron chi connectivity index (χ3n) is 5.93. The minimum absolute atomic E-state index is 0.115. The monoisotopic (exact) mass is 551 g/mol. The topological polar surface area (TPSA) is 120 Å². The number of carbonyl (C=O) groups is 2. The van der Waals surface area contributed by atoms with E-state index in [0.29, 0.717) is 38.6 Å². The Morgan fingerprint density at radius 3 is 2.44 bits per heavy atom. The number of anilines is 1. The van der Waals surface area contributed by atoms with Gasteiger partial charge in [-0.3, -0.25) is 19.7 Å². The van der Waals surface area contributed by atoms with E-state index in [0.717, 1.165) is 22.5 Å². The summed E-state index contributed by atoms with van der Waals surface area (Å²) in [6.45, 7) is 4.93. The normalized spacial score (nSPS) is 10.8. The number of thiazole rings is 1. The maximum absolute atomic E-state index is 13.7. The molecule has 0 atom stereocenters. The van der Waals surface area contributed by atoms with Crippen LogP contribution in [0.4, 0.5) is 5.13 Å². The molecule has 1 N–H and O–H groups in total. The van der Waals surface area contributed by atoms with Crippen molar-refractivity contribution in [2.24, 2.45) is 0 Å². The molecule has 11 heteroatoms. The molecule has 39 heavy (non-hydrogen) atoms. The summed E-state index contributed by atoms with van der Waals surface area (Å²) in [6, 6.07) is 8.72. The van der Waals surface area contributed by atoms with Gasteiger partial charge in [0.25, 0.3) is 11.8 Å². The first-order valence-electron chi connectivity index (χ1n) is 12.0. The number of benzene rings is 2. The predicted octanol–water partition coefficient (Wildman–Crippen LogP) is 4.58. The third kappa shape index (κ3) is 5.58. The Labute approximate surface area is 229 Å². The van der Waals surface area contributed by atoms with Gasteiger partial charge in [-0.05, 0) is 56.2 Å². The van der Waals surface area contributed by atoms with Crippen molar-refractivity contribution in [2.75, 3.05) is 40.2 Å². The van der Waals surface area contributed by atoms with Gasteiger partial charge in [0.05, 0.1) is 25.3 Å². The number of aryl methyl sites for hydroxylation is 3. The molecule has 0 aliphatic carbocycles. The maximum Gasteiger partial charge on any atom is 0.265 e. The van der Waals surface area contributed by atoms with Crippen LogP contribution in [0.5, 0.6) is 17.2 Å². The molecular formula is C28H29N3O7S. The number of carbonyl (C=O) groups excluding carboxylic acids is 2. The number of fused-ring (bicyclic) bond motifs is 1. The van der Waals surface area contributed by atoms with E-state index in [-0.39, 0.29) is 22.5 Å². The number of nitrogens with zero attached hydrogens (tertiary/aromatic N) is 2. The zero-order valence-corrected chi connectivity index (χ0v) is 23.6. The maximum atomic E-state index is 13.7. The van der Waals surface area contributed by atoms with E-state index in [4.69, 9.17) is 18.6 Å². The zero-order valence-electron chi connectivity index (χ0n) is 22.8. The summed E-state index contributed by atoms with van der Waals surface area (Å²) in [5.41, 5.74) is 2.66. The molecule has 2 aromatic heterocycles. The van der Waals surface area contributed by atoms with Crippen LogP contribution in [0.3, 0.4) is 0 Å². The van der Waals surface area contributed by atoms with E-state index in [1.807, 2.05) is 19.9 Å². The minimum Gasteiger partial charge on any atom is -0.493 e. The number of aromatic nitrogens is 1. The Bertz CT molecular complexity index is 1640. The molecule has 0 saturated heterocycles. The summed E-state index contributed by atoms with van der Waals surface area (Å²) >= 11 is 1.07. The van der Waals surface area contributed by atoms with Gasteiger partial charge in [0, 0.05) is 19.7 Å². The Kier molecular flexibility index (Phi) is 7.91. The summed E-state index contributed by atoms with van der Waals surface area (Å²) in [5.74, 6) is 0.213. The fraction of sp³-hybridized carbons (Fsp3) is 0.286. The Morgan fingerprint density at radius 1 is 1.05 bits per heavy atom. The smallest absolute Gasteiger partial charge is 0.265 e. The summed E-state index contributed by atoms with van der Waals surface area (Å²) < 4.78 is 22.8. The van der Waals surface area contributed by atoms with Crippen molar-refractivity contribution < 1.29 is 28.2 Å². The summed E-state index contributed by atoms with van der Waals surface area (Å²) in [7, 11) is 6.31. The van der Waals surface area contributed by atoms with Crippen LogP contribution in [0.2, 0.25) is 0 Å². The van der Waals surface area contributed by atoms with E-state index in [2.05, 4.69) is 10.3 Å². The lowest BCUT2D eigenvalue weighted by Gasteiger charge is -2.14. The fourth-order valence-electron chi connectivity index (χ4n) is 4.12. The van der Waals surface area contributed by atoms with Gasteiger partial charge in [-0.1, -0.05) is 17.4 Å². The first-order valence-corrected chi connectivity index (χ1v) is 12.8. The SMILES string of the molecule is COc1ccc(-c2oc3cc(C)cc(C)c3c(=O)c2OCC(=O)Nc2nc(C)c(C(=O)N(C)C)s2)cc1OC. The van der Waals surface area contributed by atoms with E-state index in [1.54, 1.807) is 45.3 Å². The highest BCUT2D eigenvalue weighted by Crippen LogP contribution is 2.37. The van der Waals surface area contributed by atoms with Crippen LogP contribution in [0.15, 0.2) is 39.5 Å². The quantitative estimate of drug-likeness (QED) is 0.338. The average molecular weight is 552 g/mol. The number of rotatable bonds is 8. The number of hydrogen-bond acceptors (Lipinski definition) is 9. The first-order chi connectivity index (χ1) is 18.5. The second kappa shape index (κ2) is 11.2. The first kappa shape index (κ1) is 27.6. The minimum atomic E-state index is -0.550. The van der Waals surface area contributed by atoms with E-state index in [1.165, 1.54) is 19.1 Å². The van der Waals surface area contributed by atoms with Crippen LogP contribution in [0, 0.1) is 20.8 Å². The number of hydrogen-bond donors (Lipinski definition) is 1. The number of ether oxygens (including phenoxy) is 3. The van der Waals surface area contributed by atoms with Gasteiger partial charge in [-0.25, -0.2) is 4.98 Å². The van der Waals surface area contributed by atoms with Gasteiger partial charge in [0.15, 0.2) is 29.0 Å². The van der Waals surface area contributed by atoms with Gasteiger partial charge in [-0.15, -0.1) is 0 Å². The number of amides is 2. The van der Waals surface area contributed by atoms with E-state index >= 15 is 0 Å². The lowest BCUT2D eigenvalue weighted by molar-refractivity contribution is -0.118. The van der Waals surface area contributed by atoms with Crippen molar-refractivity contribution >= 4 is 39.3 Å². The van der Waals surface area contributed by atoms with Crippen LogP contribution in [0.1, 0.15) is 26.5 Å². The molecule has 204 valence electrons. The van der Waals surface area contributed by atoms with Crippen LogP contribution >= 0.6 is 11.3 Å². The summed E-state index contributed by atoms with van der Waals surface area (Å²) in [5, 5.41) is 3.26. The average Bonchev–Trinajstić information content (AvgIpc) is 3.25. The highest BCUT2D eigenvalue weighted by Gasteiger charge is 2.23. The highest BCUT2D eigenvalue weighted by molar-refractivity contribution is 7.17. The van der Waals surface area contributed by atoms with Gasteiger partial charge >= 0.3 is 0 Å². The van der Waals surface area contributed by atoms with Crippen molar-refractivity contribution in [3.63, 3.8) is 0 Å². The second-order valence-electron chi connectivity index (χ2n) is 9.08. The Hall–Kier alpha value is -4.38. The standard InChI is InChI=1S/C28H29N3O7S/c1-14-10-15(2)22-20(11-14)38-24(17-8-9-18(35-6)19(12-17)36-7)25(23(22)33)37-13-21(32)30-28-29-16(3)26(39-28)27(34)31(4)5/h8-12H,13H2,1-7H3,(H,29,30,32). The third-order valence-corrected chi connectivity index (χ3v) is 6.99. The van der Waals surface area contributed by atoms with Crippen molar-refractivity contribution in [1.29, 1.82) is 0 Å². The molecule has 2 amide bonds. The summed E-state index contributed by atoms with van der Waals surface area (Å²) in [6.07, 6.45) is 0. The molecule has 0 spiro atoms. The Morgan fingerprint density at radius 2 is 1.77 bits per heavy atom. The largest absolute Gasteiger partial charge is 0.493 e. The van der Waals surface area contributed by atoms with E-state index < -0.39 is 17.9 Å². The molecular weight excluding hydrogens is 522 g/mol. The number of nitrogens with one attached hydrogen (secondary N) is 1. The molecule has 0 radical (unpaired) electrons. The van der Waals surface area contributed by atoms with Crippen molar-refractivity contribution in [3.8, 4) is 28.6 Å². The van der Waals surface area contributed by atoms with Gasteiger partial charge < -0.3 is 23.5 Å². The lowest BCUT2D eigenvalue weighted by atomic mass is 10.0. The van der Waals surface area contributed by atoms with Crippen LogP contribution in [0.25, 0.3) is 22.3 Å². The fourth-order valence-corrected chi connectivity index (χ4v) is 5.12. The summed E-state index contributed by atoms with van der Waals surface area (Å²) in [4.78, 5) is 44.9. The molecule has 0 aliphatic heterocycles. The van der Waals surface area contributed by atoms with E-state index in [9.17, 15) is 14.4 Å². The molecule has 2 aromatic carbocycles. The highest BCUT2D eigenvalue weighted by atomic mass is 32.1. The lowest BCUT2D eigenvalue weighted by Crippen LogP contribution is -2.22. The molecule has 0 saturated carbocycles. The molecule has 2 heterocycles. The van der Waals surface area contributed by atoms with Crippen LogP contribution in [-0.2, 0) is 4.79 Å². The van der Waals surface area contributed by atoms with Gasteiger partial charge in [-0.2, -0.15) is 0 Å². The van der Waals surface area contributed by atoms with Gasteiger partial charge in [0.1, 0.15) is 10.5 Å². The molecule has 0 unspecified atom stereocenters. The van der Waals surface area contributed by atoms with Crippen molar-refractivity contribution in [3.05, 3.63) is 62.3 Å². The molecule has 0 fully saturated rings. The van der Waals surface area contributed by atoms with Crippen molar-refractivity contribution in [2.45, 2.75) is 20.8 Å². The van der Waals surface area contributed by atoms with Crippen LogP contribution in [-0.4, -0.2) is 56.6 Å². The molecule has 0 bridgehead atoms. The molecule has 4 aromatic rings.